The molecule has 2 aliphatic rings. The lowest BCUT2D eigenvalue weighted by molar-refractivity contribution is -0.384. The highest BCUT2D eigenvalue weighted by Gasteiger charge is 2.42. The molecule has 2 heterocycles. The Labute approximate surface area is 479 Å². The molecule has 0 bridgehead atoms. The lowest BCUT2D eigenvalue weighted by Gasteiger charge is -2.29. The van der Waals surface area contributed by atoms with E-state index in [0.29, 0.717) is 44.7 Å². The number of halogens is 15. The van der Waals surface area contributed by atoms with Gasteiger partial charge in [0.1, 0.15) is 23.9 Å². The molecule has 6 rings (SSSR count). The molecule has 0 spiro atoms. The van der Waals surface area contributed by atoms with Crippen molar-refractivity contribution in [2.24, 2.45) is 17.6 Å². The number of nitro groups is 2. The molecule has 0 amide bonds. The van der Waals surface area contributed by atoms with E-state index >= 15 is 0 Å². The molecule has 83 heavy (non-hydrogen) atoms. The SMILES string of the molecule is CC#N.NC1CCC(CNc2nc(NCc3ccccc3OC(F)(F)F)ncc2[N+](=O)[O-])CC1.O=S(=O)(OCC(F)(F)F)C(Cl)(Cl)Cl.O=[N+]([O-])c1cnc(NCc2ccccc2OC(F)(F)F)nc1NCC1CCC(NCC(F)(F)F)CC1. The molecule has 0 aliphatic heterocycles. The Bertz CT molecular complexity index is 2860. The zero-order valence-corrected chi connectivity index (χ0v) is 46.0. The van der Waals surface area contributed by atoms with Gasteiger partial charge >= 0.3 is 49.7 Å². The van der Waals surface area contributed by atoms with Crippen molar-refractivity contribution in [3.63, 3.8) is 0 Å². The van der Waals surface area contributed by atoms with Crippen molar-refractivity contribution in [1.82, 2.24) is 25.3 Å². The number of alkyl halides is 15. The van der Waals surface area contributed by atoms with Crippen LogP contribution in [-0.4, -0.2) is 105 Å². The Kier molecular flexibility index (Phi) is 27.3. The zero-order chi connectivity index (χ0) is 62.4. The maximum Gasteiger partial charge on any atom is 0.573 e. The molecule has 0 unspecified atom stereocenters. The van der Waals surface area contributed by atoms with Gasteiger partial charge in [-0.1, -0.05) is 71.2 Å². The first-order valence-electron chi connectivity index (χ1n) is 24.0. The second-order valence-corrected chi connectivity index (χ2v) is 22.4. The topological polar surface area (TPSA) is 310 Å². The molecular weight excluding hydrogens is 1230 g/mol. The Morgan fingerprint density at radius 2 is 1.05 bits per heavy atom. The number of para-hydroxylation sites is 2. The van der Waals surface area contributed by atoms with Crippen molar-refractivity contribution in [2.45, 2.75) is 112 Å². The molecule has 38 heteroatoms. The summed E-state index contributed by atoms with van der Waals surface area (Å²) < 4.78 is 177. The van der Waals surface area contributed by atoms with Crippen molar-refractivity contribution in [1.29, 1.82) is 5.26 Å². The first kappa shape index (κ1) is 70.8. The predicted molar refractivity (Wildman–Crippen MR) is 277 cm³/mol. The van der Waals surface area contributed by atoms with Gasteiger partial charge in [-0.3, -0.25) is 24.4 Å². The minimum atomic E-state index is -4.87. The standard InChI is InChI=1S/C21H24F6N6O3.C19H23F3N6O3.C3H2Cl3F3O3S.C2H3N/c22-20(23,24)12-31-15-7-5-13(6-8-15)9-28-18-16(33(34)35)11-30-19(32-18)29-10-14-3-1-2-4-17(14)36-21(25,26)27;20-19(21,22)31-16-4-2-1-3-13(16)10-25-18-26-11-15(28(29)30)17(27-18)24-9-12-5-7-14(23)8-6-12;4-3(5,6)13(10,11)12-1-2(7,8)9;1-2-3/h1-4,11,13,15,31H,5-10,12H2,(H2,28,29,30,32);1-4,11-12,14H,5-10,23H2,(H2,24,25,26,27);1H2;1H3. The van der Waals surface area contributed by atoms with Crippen LogP contribution < -0.4 is 41.8 Å². The molecule has 0 saturated heterocycles. The van der Waals surface area contributed by atoms with Gasteiger partial charge in [-0.2, -0.15) is 50.0 Å². The summed E-state index contributed by atoms with van der Waals surface area (Å²) in [5.74, 6) is -0.378. The summed E-state index contributed by atoms with van der Waals surface area (Å²) >= 11 is 14.4. The van der Waals surface area contributed by atoms with Crippen LogP contribution in [0.1, 0.15) is 69.4 Å². The molecular formula is C45H52Cl3F12N13O9S. The van der Waals surface area contributed by atoms with E-state index in [1.807, 2.05) is 0 Å². The Morgan fingerprint density at radius 3 is 1.40 bits per heavy atom. The van der Waals surface area contributed by atoms with Crippen LogP contribution in [0.15, 0.2) is 60.9 Å². The van der Waals surface area contributed by atoms with Gasteiger partial charge in [0.2, 0.25) is 23.5 Å². The molecule has 2 aromatic heterocycles. The van der Waals surface area contributed by atoms with E-state index < -0.39 is 67.1 Å². The van der Waals surface area contributed by atoms with Crippen LogP contribution in [0.2, 0.25) is 0 Å². The lowest BCUT2D eigenvalue weighted by atomic mass is 9.86. The molecule has 0 radical (unpaired) electrons. The van der Waals surface area contributed by atoms with Gasteiger partial charge < -0.3 is 41.8 Å². The van der Waals surface area contributed by atoms with E-state index in [1.165, 1.54) is 43.3 Å². The average molecular weight is 1290 g/mol. The fourth-order valence-corrected chi connectivity index (χ4v) is 8.29. The third kappa shape index (κ3) is 27.7. The van der Waals surface area contributed by atoms with Gasteiger partial charge in [-0.05, 0) is 75.3 Å². The molecule has 7 N–H and O–H groups in total. The number of benzene rings is 2. The van der Waals surface area contributed by atoms with E-state index in [-0.39, 0.29) is 82.9 Å². The van der Waals surface area contributed by atoms with Crippen molar-refractivity contribution in [3.05, 3.63) is 92.3 Å². The molecule has 2 aliphatic carbocycles. The van der Waals surface area contributed by atoms with Crippen molar-refractivity contribution in [3.8, 4) is 17.6 Å². The molecule has 22 nitrogen and oxygen atoms in total. The quantitative estimate of drug-likeness (QED) is 0.0157. The summed E-state index contributed by atoms with van der Waals surface area (Å²) in [7, 11) is -4.85. The molecule has 0 atom stereocenters. The second kappa shape index (κ2) is 32.0. The van der Waals surface area contributed by atoms with Crippen LogP contribution in [0, 0.1) is 43.4 Å². The van der Waals surface area contributed by atoms with Crippen LogP contribution in [0.4, 0.5) is 87.6 Å². The lowest BCUT2D eigenvalue weighted by Crippen LogP contribution is -2.39. The average Bonchev–Trinajstić information content (AvgIpc) is 3.53. The number of nitrogens with two attached hydrogens (primary N) is 1. The smallest absolute Gasteiger partial charge is 0.405 e. The van der Waals surface area contributed by atoms with E-state index in [1.54, 1.807) is 12.1 Å². The first-order chi connectivity index (χ1) is 38.5. The highest BCUT2D eigenvalue weighted by molar-refractivity contribution is 7.92. The van der Waals surface area contributed by atoms with Crippen molar-refractivity contribution in [2.75, 3.05) is 47.5 Å². The maximum absolute atomic E-state index is 12.6. The number of nitrogens with one attached hydrogen (secondary N) is 5. The third-order valence-corrected chi connectivity index (χ3v) is 14.0. The van der Waals surface area contributed by atoms with Crippen LogP contribution in [0.25, 0.3) is 0 Å². The number of nitriles is 1. The summed E-state index contributed by atoms with van der Waals surface area (Å²) in [6, 6.07) is 12.8. The molecule has 2 fully saturated rings. The molecule has 2 saturated carbocycles. The van der Waals surface area contributed by atoms with Crippen molar-refractivity contribution < 1.29 is 84.6 Å². The summed E-state index contributed by atoms with van der Waals surface area (Å²) in [5.41, 5.74) is 5.64. The third-order valence-electron chi connectivity index (χ3n) is 11.3. The van der Waals surface area contributed by atoms with E-state index in [2.05, 4.69) is 60.2 Å². The highest BCUT2D eigenvalue weighted by Crippen LogP contribution is 2.36. The normalized spacial score (nSPS) is 17.5. The van der Waals surface area contributed by atoms with E-state index in [4.69, 9.17) is 45.8 Å². The van der Waals surface area contributed by atoms with Gasteiger partial charge in [-0.15, -0.1) is 26.3 Å². The van der Waals surface area contributed by atoms with Gasteiger partial charge in [0.25, 0.3) is 0 Å². The minimum Gasteiger partial charge on any atom is -0.405 e. The van der Waals surface area contributed by atoms with Gasteiger partial charge in [0.15, 0.2) is 6.61 Å². The Balaban J connectivity index is 0.000000348. The number of aromatic nitrogens is 4. The number of nitrogens with zero attached hydrogens (tertiary/aromatic N) is 7. The summed E-state index contributed by atoms with van der Waals surface area (Å²) in [5, 5.41) is 43.9. The molecule has 462 valence electrons. The number of ether oxygens (including phenoxy) is 2. The highest BCUT2D eigenvalue weighted by atomic mass is 35.6. The number of anilines is 4. The number of hydrogen-bond acceptors (Lipinski definition) is 20. The second-order valence-electron chi connectivity index (χ2n) is 17.6. The van der Waals surface area contributed by atoms with Crippen molar-refractivity contribution >= 4 is 79.8 Å². The largest absolute Gasteiger partial charge is 0.573 e. The molecule has 2 aromatic carbocycles. The van der Waals surface area contributed by atoms with Gasteiger partial charge in [0.05, 0.1) is 22.5 Å². The van der Waals surface area contributed by atoms with E-state index in [0.717, 1.165) is 44.1 Å². The zero-order valence-electron chi connectivity index (χ0n) is 42.9. The molecule has 4 aromatic rings. The maximum atomic E-state index is 12.6. The van der Waals surface area contributed by atoms with Gasteiger partial charge in [0, 0.05) is 56.3 Å². The number of hydrogen-bond donors (Lipinski definition) is 6. The van der Waals surface area contributed by atoms with Crippen LogP contribution in [-0.2, 0) is 27.4 Å². The predicted octanol–water partition coefficient (Wildman–Crippen LogP) is 11.6. The van der Waals surface area contributed by atoms with E-state index in [9.17, 15) is 81.3 Å². The summed E-state index contributed by atoms with van der Waals surface area (Å²) in [6.07, 6.45) is -10.7. The monoisotopic (exact) mass is 1280 g/mol. The fraction of sp³-hybridized carbons (Fsp3) is 0.533. The Morgan fingerprint density at radius 1 is 0.663 bits per heavy atom. The number of rotatable bonds is 20. The minimum absolute atomic E-state index is 0.0422. The first-order valence-corrected chi connectivity index (χ1v) is 26.6. The Hall–Kier alpha value is -6.45. The summed E-state index contributed by atoms with van der Waals surface area (Å²) in [6.45, 7) is -1.03. The van der Waals surface area contributed by atoms with Gasteiger partial charge in [-0.25, -0.2) is 9.97 Å². The van der Waals surface area contributed by atoms with Crippen LogP contribution >= 0.6 is 34.8 Å². The van der Waals surface area contributed by atoms with Crippen LogP contribution in [0.5, 0.6) is 11.5 Å². The fourth-order valence-electron chi connectivity index (χ4n) is 7.46. The summed E-state index contributed by atoms with van der Waals surface area (Å²) in [4.78, 5) is 37.4. The van der Waals surface area contributed by atoms with Crippen LogP contribution in [0.3, 0.4) is 0 Å².